The molecular weight excluding hydrogens is 641 g/mol. The first kappa shape index (κ1) is 32.2. The van der Waals surface area contributed by atoms with E-state index in [4.69, 9.17) is 12.2 Å². The van der Waals surface area contributed by atoms with Crippen molar-refractivity contribution in [2.45, 2.75) is 25.3 Å². The predicted octanol–water partition coefficient (Wildman–Crippen LogP) is 6.54. The highest BCUT2D eigenvalue weighted by Crippen LogP contribution is 2.40. The highest BCUT2D eigenvalue weighted by molar-refractivity contribution is 8.26. The van der Waals surface area contributed by atoms with Crippen LogP contribution in [0.4, 0.5) is 26.3 Å². The summed E-state index contributed by atoms with van der Waals surface area (Å²) in [6.07, 6.45) is -7.21. The summed E-state index contributed by atoms with van der Waals surface area (Å²) in [5.41, 5.74) is -2.33. The first-order chi connectivity index (χ1) is 20.2. The number of benzene rings is 1. The highest BCUT2D eigenvalue weighted by atomic mass is 32.2. The number of hydrogen-bond donors (Lipinski definition) is 1. The smallest absolute Gasteiger partial charge is 0.416 e. The van der Waals surface area contributed by atoms with Crippen molar-refractivity contribution in [3.63, 3.8) is 0 Å². The Kier molecular flexibility index (Phi) is 9.61. The highest BCUT2D eigenvalue weighted by Gasteiger charge is 2.37. The SMILES string of the molecule is COC(=O)c1cc(CNC(=O)CCN2C(=O)/C(=C/c3cc(-c4cc(C(F)(F)F)cc(C(F)(F)F)c4)cs3)SC2=S)ccn1. The third kappa shape index (κ3) is 8.00. The second-order valence-corrected chi connectivity index (χ2v) is 11.6. The molecule has 1 aromatic carbocycles. The Morgan fingerprint density at radius 2 is 1.72 bits per heavy atom. The van der Waals surface area contributed by atoms with Gasteiger partial charge in [0.05, 0.1) is 23.1 Å². The molecule has 16 heteroatoms. The van der Waals surface area contributed by atoms with Crippen LogP contribution in [0.2, 0.25) is 0 Å². The molecule has 3 aromatic rings. The number of halogens is 6. The lowest BCUT2D eigenvalue weighted by molar-refractivity contribution is -0.143. The van der Waals surface area contributed by atoms with Gasteiger partial charge in [-0.15, -0.1) is 11.3 Å². The molecule has 0 atom stereocenters. The van der Waals surface area contributed by atoms with E-state index in [0.717, 1.165) is 23.1 Å². The topological polar surface area (TPSA) is 88.6 Å². The molecule has 1 fully saturated rings. The normalized spacial score (nSPS) is 14.9. The van der Waals surface area contributed by atoms with Crippen LogP contribution in [0.3, 0.4) is 0 Å². The lowest BCUT2D eigenvalue weighted by Crippen LogP contribution is -2.33. The Balaban J connectivity index is 1.41. The number of methoxy groups -OCH3 is 1. The molecule has 0 radical (unpaired) electrons. The number of aromatic nitrogens is 1. The van der Waals surface area contributed by atoms with Crippen molar-refractivity contribution in [2.24, 2.45) is 0 Å². The summed E-state index contributed by atoms with van der Waals surface area (Å²) >= 11 is 7.25. The molecule has 0 spiro atoms. The number of thioether (sulfide) groups is 1. The Bertz CT molecular complexity index is 1590. The van der Waals surface area contributed by atoms with Crippen LogP contribution in [0, 0.1) is 0 Å². The zero-order valence-corrected chi connectivity index (χ0v) is 24.3. The van der Waals surface area contributed by atoms with Crippen LogP contribution in [-0.4, -0.2) is 45.6 Å². The molecule has 2 amide bonds. The molecule has 1 N–H and O–H groups in total. The van der Waals surface area contributed by atoms with Gasteiger partial charge in [-0.05, 0) is 64.5 Å². The Morgan fingerprint density at radius 1 is 1.05 bits per heavy atom. The van der Waals surface area contributed by atoms with E-state index in [-0.39, 0.29) is 51.6 Å². The van der Waals surface area contributed by atoms with Crippen LogP contribution >= 0.6 is 35.3 Å². The van der Waals surface area contributed by atoms with Gasteiger partial charge in [-0.25, -0.2) is 9.78 Å². The Hall–Kier alpha value is -3.76. The van der Waals surface area contributed by atoms with Crippen molar-refractivity contribution in [2.75, 3.05) is 13.7 Å². The maximum atomic E-state index is 13.3. The molecule has 1 aliphatic heterocycles. The quantitative estimate of drug-likeness (QED) is 0.127. The van der Waals surface area contributed by atoms with E-state index >= 15 is 0 Å². The van der Waals surface area contributed by atoms with Gasteiger partial charge in [0.2, 0.25) is 5.91 Å². The summed E-state index contributed by atoms with van der Waals surface area (Å²) in [5, 5.41) is 4.06. The predicted molar refractivity (Wildman–Crippen MR) is 152 cm³/mol. The standard InChI is InChI=1S/C27H19F6N3O4S3/c1-40-24(39)20-6-14(2-4-34-20)12-35-22(37)3-5-36-23(38)21(43-25(36)41)11-19-9-16(13-42-19)15-7-17(26(28,29)30)10-18(8-15)27(31,32)33/h2,4,6-11,13H,3,5,12H2,1H3,(H,35,37)/b21-11-. The first-order valence-electron chi connectivity index (χ1n) is 12.1. The fraction of sp³-hybridized carbons (Fsp3) is 0.222. The molecule has 43 heavy (non-hydrogen) atoms. The lowest BCUT2D eigenvalue weighted by atomic mass is 10.0. The van der Waals surface area contributed by atoms with Crippen molar-refractivity contribution in [1.29, 1.82) is 0 Å². The average Bonchev–Trinajstić information content (AvgIpc) is 3.53. The van der Waals surface area contributed by atoms with Gasteiger partial charge in [0.1, 0.15) is 10.0 Å². The van der Waals surface area contributed by atoms with Crippen LogP contribution in [0.5, 0.6) is 0 Å². The molecule has 3 heterocycles. The maximum Gasteiger partial charge on any atom is 0.416 e. The van der Waals surface area contributed by atoms with Crippen molar-refractivity contribution >= 4 is 63.5 Å². The van der Waals surface area contributed by atoms with Crippen molar-refractivity contribution in [1.82, 2.24) is 15.2 Å². The second kappa shape index (κ2) is 12.9. The number of carbonyl (C=O) groups excluding carboxylic acids is 3. The number of thiocarbonyl (C=S) groups is 1. The summed E-state index contributed by atoms with van der Waals surface area (Å²) < 4.78 is 84.3. The lowest BCUT2D eigenvalue weighted by Gasteiger charge is -2.14. The average molecular weight is 660 g/mol. The molecular formula is C27H19F6N3O4S3. The Morgan fingerprint density at radius 3 is 2.35 bits per heavy atom. The molecule has 0 aliphatic carbocycles. The molecule has 0 bridgehead atoms. The van der Waals surface area contributed by atoms with Gasteiger partial charge in [0.15, 0.2) is 0 Å². The number of carbonyl (C=O) groups is 3. The van der Waals surface area contributed by atoms with Gasteiger partial charge in [0, 0.05) is 30.6 Å². The summed E-state index contributed by atoms with van der Waals surface area (Å²) in [5.74, 6) is -1.51. The molecule has 2 aromatic heterocycles. The van der Waals surface area contributed by atoms with Gasteiger partial charge in [-0.2, -0.15) is 26.3 Å². The number of nitrogens with zero attached hydrogens (tertiary/aromatic N) is 2. The summed E-state index contributed by atoms with van der Waals surface area (Å²) in [6, 6.07) is 5.79. The fourth-order valence-electron chi connectivity index (χ4n) is 3.83. The van der Waals surface area contributed by atoms with Crippen LogP contribution in [-0.2, 0) is 33.2 Å². The van der Waals surface area contributed by atoms with E-state index in [0.29, 0.717) is 22.6 Å². The molecule has 4 rings (SSSR count). The number of pyridine rings is 1. The number of ether oxygens (including phenoxy) is 1. The largest absolute Gasteiger partial charge is 0.464 e. The number of rotatable bonds is 8. The summed E-state index contributed by atoms with van der Waals surface area (Å²) in [4.78, 5) is 42.6. The van der Waals surface area contributed by atoms with Crippen LogP contribution in [0.1, 0.15) is 38.5 Å². The zero-order valence-electron chi connectivity index (χ0n) is 21.8. The molecule has 1 saturated heterocycles. The number of thiophene rings is 1. The van der Waals surface area contributed by atoms with E-state index in [1.54, 1.807) is 6.07 Å². The number of esters is 1. The molecule has 226 valence electrons. The molecule has 7 nitrogen and oxygen atoms in total. The number of amides is 2. The van der Waals surface area contributed by atoms with Gasteiger partial charge in [-0.1, -0.05) is 24.0 Å². The van der Waals surface area contributed by atoms with Gasteiger partial charge in [-0.3, -0.25) is 14.5 Å². The van der Waals surface area contributed by atoms with Crippen LogP contribution in [0.25, 0.3) is 17.2 Å². The second-order valence-electron chi connectivity index (χ2n) is 8.93. The monoisotopic (exact) mass is 659 g/mol. The number of nitrogens with one attached hydrogen (secondary N) is 1. The van der Waals surface area contributed by atoms with Gasteiger partial charge < -0.3 is 10.1 Å². The van der Waals surface area contributed by atoms with Crippen molar-refractivity contribution in [3.05, 3.63) is 80.1 Å². The molecule has 1 aliphatic rings. The van der Waals surface area contributed by atoms with Crippen molar-refractivity contribution < 1.29 is 45.5 Å². The van der Waals surface area contributed by atoms with Gasteiger partial charge in [0.25, 0.3) is 5.91 Å². The number of hydrogen-bond acceptors (Lipinski definition) is 8. The van der Waals surface area contributed by atoms with E-state index in [1.165, 1.54) is 41.8 Å². The molecule has 0 unspecified atom stereocenters. The minimum atomic E-state index is -4.98. The van der Waals surface area contributed by atoms with Crippen molar-refractivity contribution in [3.8, 4) is 11.1 Å². The van der Waals surface area contributed by atoms with E-state index in [1.807, 2.05) is 0 Å². The van der Waals surface area contributed by atoms with E-state index < -0.39 is 41.3 Å². The fourth-order valence-corrected chi connectivity index (χ4v) is 6.05. The van der Waals surface area contributed by atoms with Crippen LogP contribution < -0.4 is 5.32 Å². The minimum Gasteiger partial charge on any atom is -0.464 e. The van der Waals surface area contributed by atoms with E-state index in [9.17, 15) is 40.7 Å². The van der Waals surface area contributed by atoms with Gasteiger partial charge >= 0.3 is 18.3 Å². The third-order valence-corrected chi connectivity index (χ3v) is 8.22. The molecule has 0 saturated carbocycles. The van der Waals surface area contributed by atoms with Crippen LogP contribution in [0.15, 0.2) is 52.9 Å². The first-order valence-corrected chi connectivity index (χ1v) is 14.2. The third-order valence-electron chi connectivity index (χ3n) is 5.96. The Labute approximate surface area is 253 Å². The minimum absolute atomic E-state index is 0.0300. The maximum absolute atomic E-state index is 13.3. The number of alkyl halides is 6. The summed E-state index contributed by atoms with van der Waals surface area (Å²) in [6.45, 7) is 0.0679. The van der Waals surface area contributed by atoms with E-state index in [2.05, 4.69) is 15.0 Å². The zero-order chi connectivity index (χ0) is 31.5. The summed E-state index contributed by atoms with van der Waals surface area (Å²) in [7, 11) is 1.22.